The summed E-state index contributed by atoms with van der Waals surface area (Å²) in [5.41, 5.74) is 15.1. The lowest BCUT2D eigenvalue weighted by Crippen LogP contribution is -2.47. The van der Waals surface area contributed by atoms with E-state index in [1.54, 1.807) is 18.2 Å². The van der Waals surface area contributed by atoms with Crippen LogP contribution in [0.3, 0.4) is 0 Å². The molecule has 1 aromatic heterocycles. The van der Waals surface area contributed by atoms with E-state index in [2.05, 4.69) is 20.1 Å². The van der Waals surface area contributed by atoms with Crippen LogP contribution < -0.4 is 11.2 Å². The highest BCUT2D eigenvalue weighted by Crippen LogP contribution is 2.30. The second kappa shape index (κ2) is 15.3. The van der Waals surface area contributed by atoms with Gasteiger partial charge in [0.1, 0.15) is 24.9 Å². The number of carbonyl (C=O) groups is 2. The lowest BCUT2D eigenvalue weighted by molar-refractivity contribution is -0.143. The third-order valence-corrected chi connectivity index (χ3v) is 6.25. The molecule has 1 aromatic carbocycles. The Morgan fingerprint density at radius 1 is 1.05 bits per heavy atom. The number of azide groups is 2. The van der Waals surface area contributed by atoms with Gasteiger partial charge in [-0.25, -0.2) is 4.79 Å². The molecule has 2 N–H and O–H groups in total. The van der Waals surface area contributed by atoms with Crippen molar-refractivity contribution in [3.8, 4) is 0 Å². The van der Waals surface area contributed by atoms with E-state index in [1.165, 1.54) is 17.0 Å². The number of carbonyl (C=O) groups excluding carboxylic acids is 2. The van der Waals surface area contributed by atoms with Crippen LogP contribution in [0.4, 0.5) is 0 Å². The monoisotopic (exact) mass is 571 g/mol. The van der Waals surface area contributed by atoms with E-state index in [1.807, 2.05) is 0 Å². The molecule has 4 atom stereocenters. The molecule has 17 nitrogen and oxygen atoms in total. The molecular weight excluding hydrogens is 542 g/mol. The van der Waals surface area contributed by atoms with Crippen molar-refractivity contribution in [3.05, 3.63) is 89.9 Å². The number of nitrogens with zero attached hydrogens (tertiary/aromatic N) is 9. The molecule has 1 aliphatic rings. The molecule has 0 saturated carbocycles. The minimum absolute atomic E-state index is 0.0875. The van der Waals surface area contributed by atoms with E-state index in [0.717, 1.165) is 16.8 Å². The summed E-state index contributed by atoms with van der Waals surface area (Å²) < 4.78 is 12.7. The highest BCUT2D eigenvalue weighted by Gasteiger charge is 2.46. The van der Waals surface area contributed by atoms with E-state index in [9.17, 15) is 29.4 Å². The maximum Gasteiger partial charge on any atom is 0.340 e. The van der Waals surface area contributed by atoms with Crippen LogP contribution in [0.15, 0.2) is 62.4 Å². The standard InChI is InChI=1S/C24H29N9O8/c25-29-27-9-4-11-31(12-5-10-28-30-26)19(36)15-40-21-20(37)17(14-34)41-23(21)32-13-8-18(35)33(24(32)39)22(38)16-6-2-1-3-7-16/h1-3,6-8,13,17,20-21,23,34,37H,4-5,9-12,14-15H2/t17-,20-,21-,23-/m1/s1. The second-order valence-electron chi connectivity index (χ2n) is 8.86. The summed E-state index contributed by atoms with van der Waals surface area (Å²) in [5, 5.41) is 27.3. The lowest BCUT2D eigenvalue weighted by atomic mass is 10.1. The van der Waals surface area contributed by atoms with E-state index in [4.69, 9.17) is 20.5 Å². The molecule has 1 amide bonds. The minimum Gasteiger partial charge on any atom is -0.394 e. The summed E-state index contributed by atoms with van der Waals surface area (Å²) in [7, 11) is 0. The molecular formula is C24H29N9O8. The summed E-state index contributed by atoms with van der Waals surface area (Å²) in [6.45, 7) is -0.514. The van der Waals surface area contributed by atoms with Crippen molar-refractivity contribution in [2.24, 2.45) is 10.2 Å². The summed E-state index contributed by atoms with van der Waals surface area (Å²) in [5.74, 6) is -1.39. The Bertz CT molecular complexity index is 1390. The van der Waals surface area contributed by atoms with Crippen molar-refractivity contribution >= 4 is 11.8 Å². The van der Waals surface area contributed by atoms with Gasteiger partial charge in [-0.15, -0.1) is 0 Å². The smallest absolute Gasteiger partial charge is 0.340 e. The van der Waals surface area contributed by atoms with Gasteiger partial charge in [-0.3, -0.25) is 19.0 Å². The van der Waals surface area contributed by atoms with Gasteiger partial charge in [0.2, 0.25) is 5.91 Å². The second-order valence-corrected chi connectivity index (χ2v) is 8.86. The molecule has 1 aliphatic heterocycles. The number of rotatable bonds is 14. The number of benzene rings is 1. The summed E-state index contributed by atoms with van der Waals surface area (Å²) in [4.78, 5) is 58.5. The fourth-order valence-corrected chi connectivity index (χ4v) is 4.23. The summed E-state index contributed by atoms with van der Waals surface area (Å²) in [6.07, 6.45) is -3.63. The number of aliphatic hydroxyl groups excluding tert-OH is 2. The van der Waals surface area contributed by atoms with Crippen LogP contribution in [0.2, 0.25) is 0 Å². The summed E-state index contributed by atoms with van der Waals surface area (Å²) >= 11 is 0. The van der Waals surface area contributed by atoms with Crippen molar-refractivity contribution < 1.29 is 29.3 Å². The number of amides is 1. The zero-order valence-corrected chi connectivity index (χ0v) is 21.9. The van der Waals surface area contributed by atoms with Gasteiger partial charge in [0.25, 0.3) is 11.5 Å². The highest BCUT2D eigenvalue weighted by atomic mass is 16.6. The first kappa shape index (κ1) is 31.0. The number of hydrogen-bond donors (Lipinski definition) is 2. The molecule has 0 bridgehead atoms. The van der Waals surface area contributed by atoms with Crippen molar-refractivity contribution in [3.63, 3.8) is 0 Å². The molecule has 0 unspecified atom stereocenters. The van der Waals surface area contributed by atoms with Crippen LogP contribution in [0.25, 0.3) is 20.9 Å². The number of ether oxygens (including phenoxy) is 2. The van der Waals surface area contributed by atoms with Crippen LogP contribution in [0, 0.1) is 0 Å². The fraction of sp³-hybridized carbons (Fsp3) is 0.500. The third-order valence-electron chi connectivity index (χ3n) is 6.25. The van der Waals surface area contributed by atoms with Crippen LogP contribution in [0.1, 0.15) is 29.4 Å². The highest BCUT2D eigenvalue weighted by molar-refractivity contribution is 5.95. The molecule has 3 rings (SSSR count). The lowest BCUT2D eigenvalue weighted by Gasteiger charge is -2.26. The Labute approximate surface area is 232 Å². The van der Waals surface area contributed by atoms with Crippen LogP contribution in [-0.4, -0.2) is 93.8 Å². The van der Waals surface area contributed by atoms with Crippen LogP contribution >= 0.6 is 0 Å². The van der Waals surface area contributed by atoms with E-state index in [-0.39, 0.29) is 31.7 Å². The first-order valence-corrected chi connectivity index (χ1v) is 12.6. The molecule has 0 spiro atoms. The van der Waals surface area contributed by atoms with E-state index >= 15 is 0 Å². The van der Waals surface area contributed by atoms with Gasteiger partial charge in [-0.1, -0.05) is 28.4 Å². The maximum absolute atomic E-state index is 13.3. The maximum atomic E-state index is 13.3. The molecule has 2 heterocycles. The molecule has 0 aliphatic carbocycles. The zero-order valence-electron chi connectivity index (χ0n) is 21.9. The van der Waals surface area contributed by atoms with E-state index in [0.29, 0.717) is 17.4 Å². The van der Waals surface area contributed by atoms with Crippen molar-refractivity contribution in [1.82, 2.24) is 14.0 Å². The van der Waals surface area contributed by atoms with Crippen molar-refractivity contribution in [1.29, 1.82) is 0 Å². The minimum atomic E-state index is -1.47. The van der Waals surface area contributed by atoms with Crippen molar-refractivity contribution in [2.75, 3.05) is 39.4 Å². The number of aliphatic hydroxyl groups is 2. The quantitative estimate of drug-likeness (QED) is 0.140. The molecule has 2 aromatic rings. The Morgan fingerprint density at radius 2 is 1.68 bits per heavy atom. The van der Waals surface area contributed by atoms with Gasteiger partial charge in [-0.05, 0) is 36.0 Å². The SMILES string of the molecule is [N-]=[N+]=NCCCN(CCCN=[N+]=[N-])C(=O)CO[C@@H]1[C@H](O)[C@@H](CO)O[C@H]1n1ccc(=O)n(C(=O)c2ccccc2)c1=O. The number of aromatic nitrogens is 2. The normalized spacial score (nSPS) is 19.7. The zero-order chi connectivity index (χ0) is 29.8. The van der Waals surface area contributed by atoms with Crippen LogP contribution in [0.5, 0.6) is 0 Å². The Hall–Kier alpha value is -4.50. The van der Waals surface area contributed by atoms with Gasteiger partial charge in [-0.2, -0.15) is 4.57 Å². The molecule has 17 heteroatoms. The Kier molecular flexibility index (Phi) is 11.6. The average Bonchev–Trinajstić information content (AvgIpc) is 3.30. The first-order valence-electron chi connectivity index (χ1n) is 12.6. The Morgan fingerprint density at radius 3 is 2.27 bits per heavy atom. The largest absolute Gasteiger partial charge is 0.394 e. The number of hydrogen-bond acceptors (Lipinski definition) is 10. The van der Waals surface area contributed by atoms with Gasteiger partial charge >= 0.3 is 5.69 Å². The Balaban J connectivity index is 1.83. The van der Waals surface area contributed by atoms with Gasteiger partial charge in [0.15, 0.2) is 6.23 Å². The fourth-order valence-electron chi connectivity index (χ4n) is 4.23. The predicted molar refractivity (Wildman–Crippen MR) is 142 cm³/mol. The average molecular weight is 572 g/mol. The molecule has 1 fully saturated rings. The molecule has 1 saturated heterocycles. The molecule has 41 heavy (non-hydrogen) atoms. The first-order chi connectivity index (χ1) is 19.8. The van der Waals surface area contributed by atoms with Gasteiger partial charge in [0, 0.05) is 53.8 Å². The topological polar surface area (TPSA) is 238 Å². The van der Waals surface area contributed by atoms with Crippen LogP contribution in [-0.2, 0) is 14.3 Å². The molecule has 0 radical (unpaired) electrons. The van der Waals surface area contributed by atoms with E-state index < -0.39 is 60.8 Å². The van der Waals surface area contributed by atoms with Gasteiger partial charge in [0.05, 0.1) is 6.61 Å². The predicted octanol–water partition coefficient (Wildman–Crippen LogP) is 0.564. The van der Waals surface area contributed by atoms with Gasteiger partial charge < -0.3 is 24.6 Å². The molecule has 218 valence electrons. The van der Waals surface area contributed by atoms with Crippen molar-refractivity contribution in [2.45, 2.75) is 37.4 Å². The summed E-state index contributed by atoms with van der Waals surface area (Å²) in [6, 6.07) is 8.65. The third kappa shape index (κ3) is 7.79.